The second-order valence-electron chi connectivity index (χ2n) is 6.90. The second-order valence-corrected chi connectivity index (χ2v) is 7.30. The van der Waals surface area contributed by atoms with Crippen molar-refractivity contribution in [3.8, 4) is 0 Å². The summed E-state index contributed by atoms with van der Waals surface area (Å²) in [7, 11) is 0. The second kappa shape index (κ2) is 7.80. The van der Waals surface area contributed by atoms with Crippen LogP contribution in [0.1, 0.15) is 31.9 Å². The number of carbonyl (C=O) groups excluding carboxylic acids is 2. The molecular weight excluding hydrogens is 361 g/mol. The maximum absolute atomic E-state index is 13.3. The number of rotatable bonds is 3. The smallest absolute Gasteiger partial charge is 0.318 e. The third-order valence-corrected chi connectivity index (χ3v) is 5.12. The minimum Gasteiger partial charge on any atom is -0.370 e. The number of urea groups is 1. The Morgan fingerprint density at radius 1 is 1.38 bits per heavy atom. The molecule has 0 radical (unpaired) electrons. The van der Waals surface area contributed by atoms with E-state index in [1.54, 1.807) is 15.9 Å². The molecule has 1 aromatic rings. The van der Waals surface area contributed by atoms with Gasteiger partial charge in [0, 0.05) is 19.1 Å². The zero-order valence-electron chi connectivity index (χ0n) is 14.9. The Bertz CT molecular complexity index is 700. The Hall–Kier alpha value is -1.86. The van der Waals surface area contributed by atoms with Crippen LogP contribution in [0, 0.1) is 5.82 Å². The van der Waals surface area contributed by atoms with Gasteiger partial charge < -0.3 is 19.9 Å². The first kappa shape index (κ1) is 18.9. The van der Waals surface area contributed by atoms with Crippen molar-refractivity contribution in [3.05, 3.63) is 34.6 Å². The highest BCUT2D eigenvalue weighted by molar-refractivity contribution is 6.30. The molecule has 0 saturated carbocycles. The predicted molar refractivity (Wildman–Crippen MR) is 95.5 cm³/mol. The quantitative estimate of drug-likeness (QED) is 0.872. The van der Waals surface area contributed by atoms with Crippen molar-refractivity contribution in [2.45, 2.75) is 38.5 Å². The number of nitrogens with zero attached hydrogens (tertiary/aromatic N) is 2. The summed E-state index contributed by atoms with van der Waals surface area (Å²) in [6.45, 7) is 5.70. The first-order valence-electron chi connectivity index (χ1n) is 8.79. The molecule has 8 heteroatoms. The van der Waals surface area contributed by atoms with Gasteiger partial charge in [0.1, 0.15) is 18.0 Å². The van der Waals surface area contributed by atoms with Crippen LogP contribution in [0.25, 0.3) is 0 Å². The zero-order valence-corrected chi connectivity index (χ0v) is 15.6. The number of hydrogen-bond acceptors (Lipinski definition) is 3. The number of nitrogens with one attached hydrogen (secondary N) is 1. The summed E-state index contributed by atoms with van der Waals surface area (Å²) in [5.74, 6) is -0.529. The molecule has 0 bridgehead atoms. The molecular formula is C18H23ClFN3O3. The Balaban J connectivity index is 1.61. The van der Waals surface area contributed by atoms with Crippen molar-refractivity contribution < 1.29 is 18.7 Å². The van der Waals surface area contributed by atoms with Gasteiger partial charge in [0.15, 0.2) is 0 Å². The highest BCUT2D eigenvalue weighted by Crippen LogP contribution is 2.26. The fraction of sp³-hybridized carbons (Fsp3) is 0.556. The van der Waals surface area contributed by atoms with Gasteiger partial charge in [0.05, 0.1) is 18.2 Å². The lowest BCUT2D eigenvalue weighted by atomic mass is 10.1. The van der Waals surface area contributed by atoms with Gasteiger partial charge in [0.25, 0.3) is 0 Å². The van der Waals surface area contributed by atoms with Crippen LogP contribution in [0.2, 0.25) is 5.02 Å². The van der Waals surface area contributed by atoms with Crippen LogP contribution >= 0.6 is 11.6 Å². The van der Waals surface area contributed by atoms with Gasteiger partial charge >= 0.3 is 6.03 Å². The standard InChI is InChI=1S/C18H23ClFN3O3/c1-11(2)23-6-5-15(17(23)24)21-18(25)22-7-8-26-16(10-22)12-3-4-14(20)13(19)9-12/h3-4,9,11,15-16H,5-8,10H2,1-2H3,(H,21,25)/t15-,16+/m0/s1. The molecule has 2 saturated heterocycles. The van der Waals surface area contributed by atoms with Gasteiger partial charge in [-0.3, -0.25) is 4.79 Å². The summed E-state index contributed by atoms with van der Waals surface area (Å²) in [4.78, 5) is 28.3. The molecule has 1 aromatic carbocycles. The number of halogens is 2. The third kappa shape index (κ3) is 3.94. The summed E-state index contributed by atoms with van der Waals surface area (Å²) in [6.07, 6.45) is 0.239. The monoisotopic (exact) mass is 383 g/mol. The summed E-state index contributed by atoms with van der Waals surface area (Å²) in [6, 6.07) is 3.78. The summed E-state index contributed by atoms with van der Waals surface area (Å²) < 4.78 is 19.0. The van der Waals surface area contributed by atoms with Crippen molar-refractivity contribution in [3.63, 3.8) is 0 Å². The van der Waals surface area contributed by atoms with Crippen molar-refractivity contribution in [2.24, 2.45) is 0 Å². The molecule has 2 atom stereocenters. The van der Waals surface area contributed by atoms with E-state index in [-0.39, 0.29) is 29.1 Å². The minimum absolute atomic E-state index is 0.0259. The van der Waals surface area contributed by atoms with Crippen LogP contribution in [0.5, 0.6) is 0 Å². The topological polar surface area (TPSA) is 61.9 Å². The fourth-order valence-corrected chi connectivity index (χ4v) is 3.53. The number of amides is 3. The molecule has 0 aromatic heterocycles. The van der Waals surface area contributed by atoms with Crippen LogP contribution in [-0.2, 0) is 9.53 Å². The fourth-order valence-electron chi connectivity index (χ4n) is 3.34. The Kier molecular flexibility index (Phi) is 5.67. The summed E-state index contributed by atoms with van der Waals surface area (Å²) >= 11 is 5.83. The average molecular weight is 384 g/mol. The molecule has 0 unspecified atom stereocenters. The Morgan fingerprint density at radius 2 is 2.15 bits per heavy atom. The molecule has 2 aliphatic heterocycles. The van der Waals surface area contributed by atoms with E-state index in [1.807, 2.05) is 13.8 Å². The third-order valence-electron chi connectivity index (χ3n) is 4.83. The van der Waals surface area contributed by atoms with Crippen LogP contribution in [0.4, 0.5) is 9.18 Å². The number of likely N-dealkylation sites (tertiary alicyclic amines) is 1. The van der Waals surface area contributed by atoms with E-state index in [1.165, 1.54) is 12.1 Å². The Labute approximate surface area is 157 Å². The van der Waals surface area contributed by atoms with Crippen molar-refractivity contribution in [1.82, 2.24) is 15.1 Å². The first-order valence-corrected chi connectivity index (χ1v) is 9.17. The minimum atomic E-state index is -0.490. The van der Waals surface area contributed by atoms with E-state index in [0.29, 0.717) is 32.7 Å². The molecule has 2 heterocycles. The first-order chi connectivity index (χ1) is 12.4. The number of carbonyl (C=O) groups is 2. The SMILES string of the molecule is CC(C)N1CC[C@H](NC(=O)N2CCO[C@@H](c3ccc(F)c(Cl)c3)C2)C1=O. The molecule has 0 spiro atoms. The number of hydrogen-bond donors (Lipinski definition) is 1. The van der Waals surface area contributed by atoms with E-state index < -0.39 is 11.9 Å². The maximum Gasteiger partial charge on any atom is 0.318 e. The van der Waals surface area contributed by atoms with Crippen LogP contribution in [0.3, 0.4) is 0 Å². The van der Waals surface area contributed by atoms with Gasteiger partial charge in [-0.2, -0.15) is 0 Å². The van der Waals surface area contributed by atoms with Crippen LogP contribution in [-0.4, -0.2) is 60.1 Å². The van der Waals surface area contributed by atoms with Gasteiger partial charge in [-0.25, -0.2) is 9.18 Å². The number of ether oxygens (including phenoxy) is 1. The van der Waals surface area contributed by atoms with Gasteiger partial charge in [-0.05, 0) is 38.0 Å². The molecule has 142 valence electrons. The highest BCUT2D eigenvalue weighted by atomic mass is 35.5. The molecule has 6 nitrogen and oxygen atoms in total. The lowest BCUT2D eigenvalue weighted by Crippen LogP contribution is -2.52. The van der Waals surface area contributed by atoms with Gasteiger partial charge in [-0.1, -0.05) is 17.7 Å². The van der Waals surface area contributed by atoms with E-state index in [9.17, 15) is 14.0 Å². The molecule has 2 fully saturated rings. The lowest BCUT2D eigenvalue weighted by molar-refractivity contribution is -0.130. The van der Waals surface area contributed by atoms with Crippen molar-refractivity contribution in [2.75, 3.05) is 26.2 Å². The maximum atomic E-state index is 13.3. The normalized spacial score (nSPS) is 23.7. The summed E-state index contributed by atoms with van der Waals surface area (Å²) in [5.41, 5.74) is 0.719. The number of benzene rings is 1. The highest BCUT2D eigenvalue weighted by Gasteiger charge is 2.35. The van der Waals surface area contributed by atoms with E-state index in [4.69, 9.17) is 16.3 Å². The van der Waals surface area contributed by atoms with Gasteiger partial charge in [0.2, 0.25) is 5.91 Å². The van der Waals surface area contributed by atoms with Crippen molar-refractivity contribution in [1.29, 1.82) is 0 Å². The molecule has 1 N–H and O–H groups in total. The zero-order chi connectivity index (χ0) is 18.8. The summed E-state index contributed by atoms with van der Waals surface area (Å²) in [5, 5.41) is 2.86. The largest absolute Gasteiger partial charge is 0.370 e. The predicted octanol–water partition coefficient (Wildman–Crippen LogP) is 2.57. The Morgan fingerprint density at radius 3 is 2.81 bits per heavy atom. The molecule has 2 aliphatic rings. The molecule has 26 heavy (non-hydrogen) atoms. The van der Waals surface area contributed by atoms with Crippen molar-refractivity contribution >= 4 is 23.5 Å². The molecule has 3 rings (SSSR count). The van der Waals surface area contributed by atoms with E-state index >= 15 is 0 Å². The van der Waals surface area contributed by atoms with Gasteiger partial charge in [-0.15, -0.1) is 0 Å². The lowest BCUT2D eigenvalue weighted by Gasteiger charge is -2.34. The van der Waals surface area contributed by atoms with Crippen LogP contribution < -0.4 is 5.32 Å². The van der Waals surface area contributed by atoms with E-state index in [2.05, 4.69) is 5.32 Å². The molecule has 3 amide bonds. The molecule has 0 aliphatic carbocycles. The van der Waals surface area contributed by atoms with Crippen LogP contribution in [0.15, 0.2) is 18.2 Å². The van der Waals surface area contributed by atoms with E-state index in [0.717, 1.165) is 5.56 Å². The number of morpholine rings is 1. The average Bonchev–Trinajstić information content (AvgIpc) is 2.98.